The van der Waals surface area contributed by atoms with Crippen LogP contribution >= 0.6 is 0 Å². The SMILES string of the molecule is CCOC(=O)C1=C(C)Nc2c(c(C)nn2C)C1c1cccc(F)c1. The summed E-state index contributed by atoms with van der Waals surface area (Å²) >= 11 is 0. The average molecular weight is 329 g/mol. The number of aryl methyl sites for hydroxylation is 2. The Hall–Kier alpha value is -2.63. The van der Waals surface area contributed by atoms with Crippen molar-refractivity contribution in [2.75, 3.05) is 11.9 Å². The van der Waals surface area contributed by atoms with Gasteiger partial charge in [-0.15, -0.1) is 0 Å². The zero-order valence-electron chi connectivity index (χ0n) is 14.2. The van der Waals surface area contributed by atoms with Crippen LogP contribution in [0.3, 0.4) is 0 Å². The third-order valence-corrected chi connectivity index (χ3v) is 4.23. The summed E-state index contributed by atoms with van der Waals surface area (Å²) < 4.78 is 20.8. The molecule has 1 aliphatic heterocycles. The third-order valence-electron chi connectivity index (χ3n) is 4.23. The lowest BCUT2D eigenvalue weighted by Crippen LogP contribution is -2.25. The van der Waals surface area contributed by atoms with Gasteiger partial charge in [0.1, 0.15) is 11.6 Å². The van der Waals surface area contributed by atoms with E-state index in [4.69, 9.17) is 4.74 Å². The van der Waals surface area contributed by atoms with Gasteiger partial charge >= 0.3 is 5.97 Å². The van der Waals surface area contributed by atoms with Crippen LogP contribution in [-0.4, -0.2) is 22.4 Å². The summed E-state index contributed by atoms with van der Waals surface area (Å²) in [4.78, 5) is 12.6. The highest BCUT2D eigenvalue weighted by Crippen LogP contribution is 2.43. The number of nitrogens with one attached hydrogen (secondary N) is 1. The van der Waals surface area contributed by atoms with Gasteiger partial charge < -0.3 is 10.1 Å². The predicted molar refractivity (Wildman–Crippen MR) is 89.1 cm³/mol. The number of halogens is 1. The number of hydrogen-bond donors (Lipinski definition) is 1. The van der Waals surface area contributed by atoms with Gasteiger partial charge in [0.25, 0.3) is 0 Å². The number of carbonyl (C=O) groups excluding carboxylic acids is 1. The maximum atomic E-state index is 13.8. The van der Waals surface area contributed by atoms with Crippen molar-refractivity contribution in [3.63, 3.8) is 0 Å². The van der Waals surface area contributed by atoms with Crippen LogP contribution in [0.2, 0.25) is 0 Å². The molecular formula is C18H20FN3O2. The van der Waals surface area contributed by atoms with Gasteiger partial charge in [0.15, 0.2) is 0 Å². The van der Waals surface area contributed by atoms with Crippen LogP contribution in [0.25, 0.3) is 0 Å². The van der Waals surface area contributed by atoms with E-state index in [0.29, 0.717) is 16.8 Å². The van der Waals surface area contributed by atoms with Crippen LogP contribution in [0.1, 0.15) is 36.6 Å². The molecule has 5 nitrogen and oxygen atoms in total. The molecule has 2 aromatic rings. The lowest BCUT2D eigenvalue weighted by atomic mass is 9.81. The smallest absolute Gasteiger partial charge is 0.336 e. The third kappa shape index (κ3) is 2.58. The van der Waals surface area contributed by atoms with Gasteiger partial charge in [-0.3, -0.25) is 4.68 Å². The second-order valence-corrected chi connectivity index (χ2v) is 5.84. The average Bonchev–Trinajstić information content (AvgIpc) is 2.80. The van der Waals surface area contributed by atoms with Gasteiger partial charge in [0.2, 0.25) is 0 Å². The first-order chi connectivity index (χ1) is 11.4. The molecule has 0 aliphatic carbocycles. The number of fused-ring (bicyclic) bond motifs is 1. The van der Waals surface area contributed by atoms with Crippen molar-refractivity contribution in [3.8, 4) is 0 Å². The minimum Gasteiger partial charge on any atom is -0.463 e. The van der Waals surface area contributed by atoms with Crippen LogP contribution in [-0.2, 0) is 16.6 Å². The van der Waals surface area contributed by atoms with Gasteiger partial charge in [-0.1, -0.05) is 12.1 Å². The molecule has 3 rings (SSSR count). The van der Waals surface area contributed by atoms with Gasteiger partial charge in [-0.25, -0.2) is 9.18 Å². The van der Waals surface area contributed by atoms with E-state index in [9.17, 15) is 9.18 Å². The molecule has 0 saturated carbocycles. The van der Waals surface area contributed by atoms with Crippen molar-refractivity contribution >= 4 is 11.8 Å². The molecule has 1 atom stereocenters. The number of allylic oxidation sites excluding steroid dienone is 1. The van der Waals surface area contributed by atoms with E-state index >= 15 is 0 Å². The van der Waals surface area contributed by atoms with E-state index in [1.54, 1.807) is 17.7 Å². The molecule has 24 heavy (non-hydrogen) atoms. The Labute approximate surface area is 140 Å². The Morgan fingerprint density at radius 2 is 2.17 bits per heavy atom. The maximum Gasteiger partial charge on any atom is 0.336 e. The minimum absolute atomic E-state index is 0.282. The quantitative estimate of drug-likeness (QED) is 0.878. The zero-order valence-corrected chi connectivity index (χ0v) is 14.2. The first-order valence-electron chi connectivity index (χ1n) is 7.87. The lowest BCUT2D eigenvalue weighted by Gasteiger charge is -2.28. The Kier molecular flexibility index (Phi) is 4.13. The maximum absolute atomic E-state index is 13.8. The van der Waals surface area contributed by atoms with E-state index in [-0.39, 0.29) is 12.4 Å². The van der Waals surface area contributed by atoms with E-state index < -0.39 is 11.9 Å². The second-order valence-electron chi connectivity index (χ2n) is 5.84. The number of nitrogens with zero attached hydrogens (tertiary/aromatic N) is 2. The summed E-state index contributed by atoms with van der Waals surface area (Å²) in [5.74, 6) is -0.335. The van der Waals surface area contributed by atoms with Crippen LogP contribution in [0.5, 0.6) is 0 Å². The minimum atomic E-state index is -0.412. The van der Waals surface area contributed by atoms with Crippen LogP contribution < -0.4 is 5.32 Å². The molecule has 1 unspecified atom stereocenters. The summed E-state index contributed by atoms with van der Waals surface area (Å²) in [7, 11) is 1.84. The topological polar surface area (TPSA) is 56.1 Å². The molecule has 1 aromatic heterocycles. The normalized spacial score (nSPS) is 16.6. The van der Waals surface area contributed by atoms with Crippen LogP contribution in [0.15, 0.2) is 35.5 Å². The number of aromatic nitrogens is 2. The molecule has 0 bridgehead atoms. The Morgan fingerprint density at radius 1 is 1.42 bits per heavy atom. The molecular weight excluding hydrogens is 309 g/mol. The molecule has 2 heterocycles. The Balaban J connectivity index is 2.24. The molecule has 0 saturated heterocycles. The van der Waals surface area contributed by atoms with E-state index in [1.807, 2.05) is 27.0 Å². The summed E-state index contributed by atoms with van der Waals surface area (Å²) in [6, 6.07) is 6.32. The fourth-order valence-electron chi connectivity index (χ4n) is 3.27. The van der Waals surface area contributed by atoms with Crippen LogP contribution in [0.4, 0.5) is 10.2 Å². The first-order valence-corrected chi connectivity index (χ1v) is 7.87. The summed E-state index contributed by atoms with van der Waals surface area (Å²) in [5, 5.41) is 7.68. The number of anilines is 1. The lowest BCUT2D eigenvalue weighted by molar-refractivity contribution is -0.138. The van der Waals surface area contributed by atoms with Crippen molar-refractivity contribution in [2.24, 2.45) is 7.05 Å². The van der Waals surface area contributed by atoms with Crippen molar-refractivity contribution in [1.29, 1.82) is 0 Å². The van der Waals surface area contributed by atoms with E-state index in [2.05, 4.69) is 10.4 Å². The number of carbonyl (C=O) groups is 1. The highest BCUT2D eigenvalue weighted by Gasteiger charge is 2.36. The van der Waals surface area contributed by atoms with E-state index in [0.717, 1.165) is 17.1 Å². The zero-order chi connectivity index (χ0) is 17.4. The van der Waals surface area contributed by atoms with Crippen LogP contribution in [0, 0.1) is 12.7 Å². The van der Waals surface area contributed by atoms with Crippen molar-refractivity contribution in [1.82, 2.24) is 9.78 Å². The molecule has 1 aliphatic rings. The van der Waals surface area contributed by atoms with Crippen molar-refractivity contribution in [2.45, 2.75) is 26.7 Å². The van der Waals surface area contributed by atoms with Gasteiger partial charge in [-0.05, 0) is 38.5 Å². The molecule has 126 valence electrons. The van der Waals surface area contributed by atoms with Gasteiger partial charge in [-0.2, -0.15) is 5.10 Å². The largest absolute Gasteiger partial charge is 0.463 e. The number of esters is 1. The summed E-state index contributed by atoms with van der Waals surface area (Å²) in [6.45, 7) is 5.76. The molecule has 0 amide bonds. The number of hydrogen-bond acceptors (Lipinski definition) is 4. The molecule has 1 N–H and O–H groups in total. The van der Waals surface area contributed by atoms with Crippen molar-refractivity contribution < 1.29 is 13.9 Å². The molecule has 0 fully saturated rings. The Morgan fingerprint density at radius 3 is 2.83 bits per heavy atom. The first kappa shape index (κ1) is 16.2. The van der Waals surface area contributed by atoms with Crippen molar-refractivity contribution in [3.05, 3.63) is 58.2 Å². The summed E-state index contributed by atoms with van der Waals surface area (Å²) in [5.41, 5.74) is 3.56. The predicted octanol–water partition coefficient (Wildman–Crippen LogP) is 3.26. The highest BCUT2D eigenvalue weighted by molar-refractivity contribution is 5.94. The van der Waals surface area contributed by atoms with E-state index in [1.165, 1.54) is 12.1 Å². The van der Waals surface area contributed by atoms with Gasteiger partial charge in [0.05, 0.1) is 17.9 Å². The standard InChI is InChI=1S/C18H20FN3O2/c1-5-24-18(23)15-10(2)20-17-14(11(3)21-22(17)4)16(15)12-7-6-8-13(19)9-12/h6-9,16,20H,5H2,1-4H3. The highest BCUT2D eigenvalue weighted by atomic mass is 19.1. The molecule has 0 radical (unpaired) electrons. The summed E-state index contributed by atoms with van der Waals surface area (Å²) in [6.07, 6.45) is 0. The number of benzene rings is 1. The number of ether oxygens (including phenoxy) is 1. The molecule has 6 heteroatoms. The monoisotopic (exact) mass is 329 g/mol. The molecule has 0 spiro atoms. The fourth-order valence-corrected chi connectivity index (χ4v) is 3.27. The van der Waals surface area contributed by atoms with Gasteiger partial charge in [0, 0.05) is 24.2 Å². The second kappa shape index (κ2) is 6.11. The number of rotatable bonds is 3. The Bertz CT molecular complexity index is 839. The molecule has 1 aromatic carbocycles. The fraction of sp³-hybridized carbons (Fsp3) is 0.333.